The van der Waals surface area contributed by atoms with E-state index in [4.69, 9.17) is 9.47 Å². The molecule has 1 aromatic heterocycles. The molecule has 138 valence electrons. The molecular formula is C17H30IN3O2S. The molecule has 7 heteroatoms. The van der Waals surface area contributed by atoms with Crippen molar-refractivity contribution in [2.75, 3.05) is 40.0 Å². The van der Waals surface area contributed by atoms with E-state index in [1.54, 1.807) is 7.05 Å². The van der Waals surface area contributed by atoms with Crippen molar-refractivity contribution in [3.8, 4) is 0 Å². The molecule has 0 radical (unpaired) electrons. The monoisotopic (exact) mass is 467 g/mol. The van der Waals surface area contributed by atoms with E-state index in [1.165, 1.54) is 9.75 Å². The van der Waals surface area contributed by atoms with Crippen molar-refractivity contribution >= 4 is 41.3 Å². The summed E-state index contributed by atoms with van der Waals surface area (Å²) in [6.07, 6.45) is 3.22. The summed E-state index contributed by atoms with van der Waals surface area (Å²) in [4.78, 5) is 7.02. The van der Waals surface area contributed by atoms with Gasteiger partial charge in [-0.1, -0.05) is 6.92 Å². The van der Waals surface area contributed by atoms with Crippen LogP contribution in [-0.2, 0) is 22.4 Å². The van der Waals surface area contributed by atoms with Crippen molar-refractivity contribution in [2.24, 2.45) is 10.9 Å². The Morgan fingerprint density at radius 2 is 2.21 bits per heavy atom. The first kappa shape index (κ1) is 21.7. The molecule has 2 rings (SSSR count). The maximum atomic E-state index is 5.70. The normalized spacial score (nSPS) is 17.6. The molecule has 0 bridgehead atoms. The van der Waals surface area contributed by atoms with E-state index < -0.39 is 0 Å². The molecule has 0 saturated carbocycles. The van der Waals surface area contributed by atoms with Gasteiger partial charge in [-0.2, -0.15) is 0 Å². The summed E-state index contributed by atoms with van der Waals surface area (Å²) in [6, 6.07) is 4.38. The van der Waals surface area contributed by atoms with Crippen molar-refractivity contribution in [3.63, 3.8) is 0 Å². The predicted octanol–water partition coefficient (Wildman–Crippen LogP) is 3.04. The van der Waals surface area contributed by atoms with Gasteiger partial charge >= 0.3 is 0 Å². The van der Waals surface area contributed by atoms with Gasteiger partial charge in [-0.25, -0.2) is 0 Å². The van der Waals surface area contributed by atoms with E-state index in [0.717, 1.165) is 64.7 Å². The number of thiophene rings is 1. The number of ether oxygens (including phenoxy) is 2. The fourth-order valence-electron chi connectivity index (χ4n) is 2.44. The second-order valence-corrected chi connectivity index (χ2v) is 6.99. The lowest BCUT2D eigenvalue weighted by Crippen LogP contribution is -2.37. The molecule has 2 N–H and O–H groups in total. The number of aryl methyl sites for hydroxylation is 1. The van der Waals surface area contributed by atoms with E-state index >= 15 is 0 Å². The molecule has 24 heavy (non-hydrogen) atoms. The molecule has 1 saturated heterocycles. The summed E-state index contributed by atoms with van der Waals surface area (Å²) in [5.41, 5.74) is 0. The zero-order valence-electron chi connectivity index (χ0n) is 14.7. The van der Waals surface area contributed by atoms with Gasteiger partial charge < -0.3 is 20.1 Å². The van der Waals surface area contributed by atoms with Gasteiger partial charge in [0.05, 0.1) is 19.8 Å². The fraction of sp³-hybridized carbons (Fsp3) is 0.706. The highest BCUT2D eigenvalue weighted by atomic mass is 127. The molecule has 1 atom stereocenters. The van der Waals surface area contributed by atoms with Gasteiger partial charge in [-0.3, -0.25) is 4.99 Å². The average molecular weight is 467 g/mol. The first-order chi connectivity index (χ1) is 11.3. The minimum atomic E-state index is 0. The van der Waals surface area contributed by atoms with Crippen LogP contribution in [0.15, 0.2) is 17.1 Å². The van der Waals surface area contributed by atoms with E-state index in [1.807, 2.05) is 11.3 Å². The standard InChI is InChI=1S/C17H29N3O2S.HI/c1-3-15-5-6-16(23-15)11-20-17(18-2)19-8-4-9-21-12-14-7-10-22-13-14;/h5-6,14H,3-4,7-13H2,1-2H3,(H2,18,19,20);1H. The third-order valence-corrected chi connectivity index (χ3v) is 5.08. The summed E-state index contributed by atoms with van der Waals surface area (Å²) in [6.45, 7) is 7.23. The van der Waals surface area contributed by atoms with Gasteiger partial charge in [0.15, 0.2) is 5.96 Å². The van der Waals surface area contributed by atoms with Crippen molar-refractivity contribution in [2.45, 2.75) is 32.7 Å². The van der Waals surface area contributed by atoms with Crippen molar-refractivity contribution in [1.82, 2.24) is 10.6 Å². The summed E-state index contributed by atoms with van der Waals surface area (Å²) >= 11 is 1.86. The minimum Gasteiger partial charge on any atom is -0.381 e. The maximum Gasteiger partial charge on any atom is 0.191 e. The van der Waals surface area contributed by atoms with Gasteiger partial charge in [0, 0.05) is 42.5 Å². The lowest BCUT2D eigenvalue weighted by atomic mass is 10.1. The summed E-state index contributed by atoms with van der Waals surface area (Å²) in [5.74, 6) is 1.44. The van der Waals surface area contributed by atoms with Crippen LogP contribution in [0.2, 0.25) is 0 Å². The lowest BCUT2D eigenvalue weighted by molar-refractivity contribution is 0.0888. The highest BCUT2D eigenvalue weighted by Gasteiger charge is 2.15. The Bertz CT molecular complexity index is 476. The summed E-state index contributed by atoms with van der Waals surface area (Å²) in [7, 11) is 1.80. The predicted molar refractivity (Wildman–Crippen MR) is 112 cm³/mol. The maximum absolute atomic E-state index is 5.70. The average Bonchev–Trinajstić information content (AvgIpc) is 3.25. The molecule has 5 nitrogen and oxygen atoms in total. The Balaban J connectivity index is 0.00000288. The molecule has 1 unspecified atom stereocenters. The molecule has 0 amide bonds. The van der Waals surface area contributed by atoms with E-state index in [2.05, 4.69) is 34.7 Å². The number of aliphatic imine (C=N–C) groups is 1. The van der Waals surface area contributed by atoms with Gasteiger partial charge in [0.25, 0.3) is 0 Å². The molecule has 0 aromatic carbocycles. The zero-order valence-corrected chi connectivity index (χ0v) is 17.8. The zero-order chi connectivity index (χ0) is 16.3. The number of hydrogen-bond acceptors (Lipinski definition) is 4. The van der Waals surface area contributed by atoms with Crippen LogP contribution >= 0.6 is 35.3 Å². The van der Waals surface area contributed by atoms with Crippen LogP contribution in [-0.4, -0.2) is 46.0 Å². The minimum absolute atomic E-state index is 0. The van der Waals surface area contributed by atoms with Crippen molar-refractivity contribution in [3.05, 3.63) is 21.9 Å². The number of halogens is 1. The van der Waals surface area contributed by atoms with Crippen molar-refractivity contribution < 1.29 is 9.47 Å². The molecule has 0 spiro atoms. The largest absolute Gasteiger partial charge is 0.381 e. The molecule has 0 aliphatic carbocycles. The first-order valence-corrected chi connectivity index (χ1v) is 9.31. The number of rotatable bonds is 9. The van der Waals surface area contributed by atoms with Crippen LogP contribution in [0.3, 0.4) is 0 Å². The third-order valence-electron chi connectivity index (χ3n) is 3.85. The smallest absolute Gasteiger partial charge is 0.191 e. The molecule has 1 fully saturated rings. The second-order valence-electron chi connectivity index (χ2n) is 5.73. The molecule has 1 aromatic rings. The van der Waals surface area contributed by atoms with Gasteiger partial charge in [-0.15, -0.1) is 35.3 Å². The highest BCUT2D eigenvalue weighted by molar-refractivity contribution is 14.0. The van der Waals surface area contributed by atoms with E-state index in [-0.39, 0.29) is 24.0 Å². The number of nitrogens with zero attached hydrogens (tertiary/aromatic N) is 1. The third kappa shape index (κ3) is 8.13. The molecular weight excluding hydrogens is 437 g/mol. The van der Waals surface area contributed by atoms with Crippen LogP contribution in [0.25, 0.3) is 0 Å². The van der Waals surface area contributed by atoms with Crippen molar-refractivity contribution in [1.29, 1.82) is 0 Å². The topological polar surface area (TPSA) is 54.9 Å². The van der Waals surface area contributed by atoms with Gasteiger partial charge in [-0.05, 0) is 31.4 Å². The first-order valence-electron chi connectivity index (χ1n) is 8.49. The Labute approximate surface area is 166 Å². The SMILES string of the molecule is CCc1ccc(CNC(=NC)NCCCOCC2CCOC2)s1.I. The fourth-order valence-corrected chi connectivity index (χ4v) is 3.34. The summed E-state index contributed by atoms with van der Waals surface area (Å²) in [5, 5.41) is 6.68. The van der Waals surface area contributed by atoms with Crippen LogP contribution in [0.4, 0.5) is 0 Å². The number of nitrogens with one attached hydrogen (secondary N) is 2. The molecule has 1 aliphatic rings. The van der Waals surface area contributed by atoms with E-state index in [9.17, 15) is 0 Å². The van der Waals surface area contributed by atoms with Crippen LogP contribution in [0, 0.1) is 5.92 Å². The Hall–Kier alpha value is -0.380. The number of guanidine groups is 1. The Morgan fingerprint density at radius 3 is 2.88 bits per heavy atom. The van der Waals surface area contributed by atoms with Crippen LogP contribution in [0.1, 0.15) is 29.5 Å². The second kappa shape index (κ2) is 12.9. The summed E-state index contributed by atoms with van der Waals surface area (Å²) < 4.78 is 11.0. The van der Waals surface area contributed by atoms with Crippen LogP contribution < -0.4 is 10.6 Å². The Morgan fingerprint density at radius 1 is 1.38 bits per heavy atom. The molecule has 1 aliphatic heterocycles. The Kier molecular flexibility index (Phi) is 11.7. The van der Waals surface area contributed by atoms with Gasteiger partial charge in [0.2, 0.25) is 0 Å². The number of hydrogen-bond donors (Lipinski definition) is 2. The lowest BCUT2D eigenvalue weighted by Gasteiger charge is -2.12. The van der Waals surface area contributed by atoms with Crippen LogP contribution in [0.5, 0.6) is 0 Å². The quantitative estimate of drug-likeness (QED) is 0.254. The van der Waals surface area contributed by atoms with E-state index in [0.29, 0.717) is 5.92 Å². The highest BCUT2D eigenvalue weighted by Crippen LogP contribution is 2.16. The molecule has 2 heterocycles. The van der Waals surface area contributed by atoms with Gasteiger partial charge in [0.1, 0.15) is 0 Å².